The highest BCUT2D eigenvalue weighted by Gasteiger charge is 2.33. The molecule has 0 aromatic heterocycles. The van der Waals surface area contributed by atoms with E-state index in [1.165, 1.54) is 7.11 Å². The number of thioether (sulfide) groups is 1. The van der Waals surface area contributed by atoms with E-state index < -0.39 is 9.84 Å². The standard InChI is InChI=1S/C10H18O4S2/c1-14-10(11)9(7-15-2)8-3-5-16(12,13)6-4-8/h8-9H,3-7H2,1-2H3. The maximum Gasteiger partial charge on any atom is 0.309 e. The molecule has 0 aromatic rings. The number of esters is 1. The van der Waals surface area contributed by atoms with Crippen molar-refractivity contribution in [2.24, 2.45) is 11.8 Å². The topological polar surface area (TPSA) is 60.4 Å². The molecule has 1 heterocycles. The second-order valence-electron chi connectivity index (χ2n) is 4.07. The van der Waals surface area contributed by atoms with Gasteiger partial charge < -0.3 is 4.74 Å². The Balaban J connectivity index is 2.63. The summed E-state index contributed by atoms with van der Waals surface area (Å²) < 4.78 is 27.4. The fourth-order valence-electron chi connectivity index (χ4n) is 2.04. The summed E-state index contributed by atoms with van der Waals surface area (Å²) in [7, 11) is -1.47. The lowest BCUT2D eigenvalue weighted by atomic mass is 9.89. The summed E-state index contributed by atoms with van der Waals surface area (Å²) in [5.41, 5.74) is 0. The minimum absolute atomic E-state index is 0.156. The second-order valence-corrected chi connectivity index (χ2v) is 7.29. The van der Waals surface area contributed by atoms with E-state index in [-0.39, 0.29) is 29.3 Å². The summed E-state index contributed by atoms with van der Waals surface area (Å²) in [6.45, 7) is 0. The van der Waals surface area contributed by atoms with Gasteiger partial charge in [-0.3, -0.25) is 4.79 Å². The van der Waals surface area contributed by atoms with Gasteiger partial charge in [0.25, 0.3) is 0 Å². The first-order valence-electron chi connectivity index (χ1n) is 5.27. The molecule has 1 aliphatic rings. The first kappa shape index (κ1) is 13.8. The summed E-state index contributed by atoms with van der Waals surface area (Å²) in [5, 5.41) is 0. The fourth-order valence-corrected chi connectivity index (χ4v) is 4.33. The predicted molar refractivity (Wildman–Crippen MR) is 65.3 cm³/mol. The van der Waals surface area contributed by atoms with E-state index in [2.05, 4.69) is 0 Å². The molecule has 1 aliphatic heterocycles. The number of methoxy groups -OCH3 is 1. The summed E-state index contributed by atoms with van der Waals surface area (Å²) in [6, 6.07) is 0. The third-order valence-corrected chi connectivity index (χ3v) is 5.43. The Morgan fingerprint density at radius 1 is 1.44 bits per heavy atom. The van der Waals surface area contributed by atoms with Crippen LogP contribution in [0.5, 0.6) is 0 Å². The van der Waals surface area contributed by atoms with Crippen LogP contribution in [0.3, 0.4) is 0 Å². The second kappa shape index (κ2) is 5.91. The van der Waals surface area contributed by atoms with E-state index >= 15 is 0 Å². The van der Waals surface area contributed by atoms with Crippen molar-refractivity contribution in [2.75, 3.05) is 30.6 Å². The number of carbonyl (C=O) groups is 1. The van der Waals surface area contributed by atoms with Crippen LogP contribution in [0.2, 0.25) is 0 Å². The number of rotatable bonds is 4. The van der Waals surface area contributed by atoms with Gasteiger partial charge in [-0.05, 0) is 25.0 Å². The molecule has 1 fully saturated rings. The Bertz CT molecular complexity index is 323. The highest BCUT2D eigenvalue weighted by Crippen LogP contribution is 2.29. The van der Waals surface area contributed by atoms with Crippen molar-refractivity contribution in [3.05, 3.63) is 0 Å². The molecule has 1 rings (SSSR count). The van der Waals surface area contributed by atoms with Crippen LogP contribution < -0.4 is 0 Å². The molecule has 0 N–H and O–H groups in total. The van der Waals surface area contributed by atoms with Crippen molar-refractivity contribution in [1.82, 2.24) is 0 Å². The Kier molecular flexibility index (Phi) is 5.11. The first-order valence-corrected chi connectivity index (χ1v) is 8.49. The maximum atomic E-state index is 11.6. The first-order chi connectivity index (χ1) is 7.50. The summed E-state index contributed by atoms with van der Waals surface area (Å²) in [4.78, 5) is 11.6. The summed E-state index contributed by atoms with van der Waals surface area (Å²) in [5.74, 6) is 0.911. The molecule has 0 aromatic carbocycles. The minimum atomic E-state index is -2.86. The number of carbonyl (C=O) groups excluding carboxylic acids is 1. The van der Waals surface area contributed by atoms with E-state index in [4.69, 9.17) is 4.74 Å². The lowest BCUT2D eigenvalue weighted by Gasteiger charge is -2.27. The van der Waals surface area contributed by atoms with Gasteiger partial charge in [-0.15, -0.1) is 0 Å². The van der Waals surface area contributed by atoms with Gasteiger partial charge in [0, 0.05) is 5.75 Å². The Hall–Kier alpha value is -0.230. The van der Waals surface area contributed by atoms with Crippen LogP contribution in [-0.2, 0) is 19.4 Å². The van der Waals surface area contributed by atoms with Gasteiger partial charge in [0.05, 0.1) is 24.5 Å². The quantitative estimate of drug-likeness (QED) is 0.709. The molecule has 0 aliphatic carbocycles. The molecule has 6 heteroatoms. The monoisotopic (exact) mass is 266 g/mol. The Morgan fingerprint density at radius 2 is 2.00 bits per heavy atom. The van der Waals surface area contributed by atoms with Crippen LogP contribution in [0.4, 0.5) is 0 Å². The van der Waals surface area contributed by atoms with Crippen LogP contribution in [0.15, 0.2) is 0 Å². The normalized spacial score (nSPS) is 22.6. The maximum absolute atomic E-state index is 11.6. The lowest BCUT2D eigenvalue weighted by Crippen LogP contribution is -2.34. The SMILES string of the molecule is COC(=O)C(CSC)C1CCS(=O)(=O)CC1. The Morgan fingerprint density at radius 3 is 2.44 bits per heavy atom. The van der Waals surface area contributed by atoms with E-state index in [9.17, 15) is 13.2 Å². The third kappa shape index (κ3) is 3.66. The molecule has 1 saturated heterocycles. The molecule has 94 valence electrons. The average molecular weight is 266 g/mol. The molecule has 0 amide bonds. The zero-order valence-corrected chi connectivity index (χ0v) is 11.3. The van der Waals surface area contributed by atoms with E-state index in [1.54, 1.807) is 11.8 Å². The Labute approximate surface area is 101 Å². The van der Waals surface area contributed by atoms with Gasteiger partial charge in [0.1, 0.15) is 9.84 Å². The van der Waals surface area contributed by atoms with Crippen LogP contribution in [0.1, 0.15) is 12.8 Å². The van der Waals surface area contributed by atoms with Crippen LogP contribution in [-0.4, -0.2) is 45.0 Å². The van der Waals surface area contributed by atoms with Gasteiger partial charge in [-0.2, -0.15) is 11.8 Å². The van der Waals surface area contributed by atoms with Gasteiger partial charge in [0.2, 0.25) is 0 Å². The zero-order valence-electron chi connectivity index (χ0n) is 9.64. The van der Waals surface area contributed by atoms with Crippen LogP contribution in [0, 0.1) is 11.8 Å². The van der Waals surface area contributed by atoms with E-state index in [0.29, 0.717) is 18.6 Å². The lowest BCUT2D eigenvalue weighted by molar-refractivity contribution is -0.146. The molecular formula is C10H18O4S2. The van der Waals surface area contributed by atoms with Crippen molar-refractivity contribution in [3.63, 3.8) is 0 Å². The van der Waals surface area contributed by atoms with Crippen LogP contribution in [0.25, 0.3) is 0 Å². The molecule has 1 atom stereocenters. The zero-order chi connectivity index (χ0) is 12.2. The number of ether oxygens (including phenoxy) is 1. The molecule has 0 bridgehead atoms. The van der Waals surface area contributed by atoms with Crippen molar-refractivity contribution < 1.29 is 17.9 Å². The molecule has 16 heavy (non-hydrogen) atoms. The fraction of sp³-hybridized carbons (Fsp3) is 0.900. The van der Waals surface area contributed by atoms with Crippen LogP contribution >= 0.6 is 11.8 Å². The molecule has 0 radical (unpaired) electrons. The summed E-state index contributed by atoms with van der Waals surface area (Å²) >= 11 is 1.60. The van der Waals surface area contributed by atoms with E-state index in [1.807, 2.05) is 6.26 Å². The molecule has 4 nitrogen and oxygen atoms in total. The predicted octanol–water partition coefficient (Wildman–Crippen LogP) is 0.963. The highest BCUT2D eigenvalue weighted by molar-refractivity contribution is 7.98. The van der Waals surface area contributed by atoms with Crippen molar-refractivity contribution in [2.45, 2.75) is 12.8 Å². The van der Waals surface area contributed by atoms with Crippen molar-refractivity contribution in [1.29, 1.82) is 0 Å². The molecule has 0 spiro atoms. The average Bonchev–Trinajstić information content (AvgIpc) is 2.25. The van der Waals surface area contributed by atoms with Gasteiger partial charge in [-0.1, -0.05) is 0 Å². The van der Waals surface area contributed by atoms with Gasteiger partial charge in [0.15, 0.2) is 0 Å². The van der Waals surface area contributed by atoms with Gasteiger partial charge >= 0.3 is 5.97 Å². The molecule has 1 unspecified atom stereocenters. The summed E-state index contributed by atoms with van der Waals surface area (Å²) in [6.07, 6.45) is 3.11. The minimum Gasteiger partial charge on any atom is -0.469 e. The number of hydrogen-bond acceptors (Lipinski definition) is 5. The third-order valence-electron chi connectivity index (χ3n) is 3.02. The van der Waals surface area contributed by atoms with Gasteiger partial charge in [-0.25, -0.2) is 8.42 Å². The van der Waals surface area contributed by atoms with E-state index in [0.717, 1.165) is 0 Å². The van der Waals surface area contributed by atoms with Crippen molar-refractivity contribution in [3.8, 4) is 0 Å². The van der Waals surface area contributed by atoms with Crippen molar-refractivity contribution >= 4 is 27.6 Å². The number of sulfone groups is 1. The molecule has 0 saturated carbocycles. The highest BCUT2D eigenvalue weighted by atomic mass is 32.2. The molecular weight excluding hydrogens is 248 g/mol. The number of hydrogen-bond donors (Lipinski definition) is 0. The smallest absolute Gasteiger partial charge is 0.309 e. The largest absolute Gasteiger partial charge is 0.469 e.